The molecule has 0 saturated carbocycles. The van der Waals surface area contributed by atoms with Crippen LogP contribution in [0.3, 0.4) is 0 Å². The normalized spacial score (nSPS) is 13.9. The van der Waals surface area contributed by atoms with E-state index in [-0.39, 0.29) is 19.6 Å². The third-order valence-electron chi connectivity index (χ3n) is 1.67. The van der Waals surface area contributed by atoms with Gasteiger partial charge < -0.3 is 14.2 Å². The predicted octanol–water partition coefficient (Wildman–Crippen LogP) is 2.12. The van der Waals surface area contributed by atoms with E-state index >= 15 is 0 Å². The Bertz CT molecular complexity index is 218. The third kappa shape index (κ3) is 3.40. The van der Waals surface area contributed by atoms with E-state index in [0.717, 1.165) is 0 Å². The smallest absolute Gasteiger partial charge is 0.344 e. The molecule has 0 saturated heterocycles. The summed E-state index contributed by atoms with van der Waals surface area (Å²) in [6, 6.07) is 0. The van der Waals surface area contributed by atoms with Gasteiger partial charge >= 0.3 is 13.6 Å². The van der Waals surface area contributed by atoms with Crippen molar-refractivity contribution in [3.05, 3.63) is 0 Å². The van der Waals surface area contributed by atoms with Crippen LogP contribution in [-0.4, -0.2) is 29.9 Å². The van der Waals surface area contributed by atoms with E-state index in [1.165, 1.54) is 0 Å². The highest BCUT2D eigenvalue weighted by atomic mass is 31.2. The largest absolute Gasteiger partial charge is 0.481 e. The van der Waals surface area contributed by atoms with E-state index in [1.807, 2.05) is 0 Å². The zero-order chi connectivity index (χ0) is 11.2. The lowest BCUT2D eigenvalue weighted by Crippen LogP contribution is -2.22. The summed E-state index contributed by atoms with van der Waals surface area (Å²) < 4.78 is 21.8. The van der Waals surface area contributed by atoms with Crippen LogP contribution in [0.4, 0.5) is 0 Å². The van der Waals surface area contributed by atoms with Gasteiger partial charge in [-0.05, 0) is 20.3 Å². The van der Waals surface area contributed by atoms with E-state index < -0.39 is 19.2 Å². The van der Waals surface area contributed by atoms with E-state index in [4.69, 9.17) is 14.2 Å². The lowest BCUT2D eigenvalue weighted by molar-refractivity contribution is -0.137. The highest BCUT2D eigenvalue weighted by Gasteiger charge is 2.39. The van der Waals surface area contributed by atoms with Crippen molar-refractivity contribution < 1.29 is 23.5 Å². The average Bonchev–Trinajstić information content (AvgIpc) is 2.04. The van der Waals surface area contributed by atoms with Crippen LogP contribution >= 0.6 is 7.60 Å². The number of carboxylic acid groups (broad SMARTS) is 1. The molecule has 84 valence electrons. The van der Waals surface area contributed by atoms with Gasteiger partial charge in [-0.15, -0.1) is 0 Å². The second kappa shape index (κ2) is 6.17. The summed E-state index contributed by atoms with van der Waals surface area (Å²) in [5, 5.41) is 8.83. The topological polar surface area (TPSA) is 72.8 Å². The Hall–Kier alpha value is -0.380. The summed E-state index contributed by atoms with van der Waals surface area (Å²) in [6.45, 7) is 5.31. The molecule has 0 aromatic carbocycles. The molecule has 0 radical (unpaired) electrons. The van der Waals surface area contributed by atoms with Crippen LogP contribution in [0, 0.1) is 0 Å². The first kappa shape index (κ1) is 13.6. The lowest BCUT2D eigenvalue weighted by atomic mass is 10.3. The maximum atomic E-state index is 12.0. The molecule has 5 nitrogen and oxygen atoms in total. The monoisotopic (exact) mass is 224 g/mol. The van der Waals surface area contributed by atoms with Crippen molar-refractivity contribution in [2.24, 2.45) is 0 Å². The molecule has 0 bridgehead atoms. The fourth-order valence-electron chi connectivity index (χ4n) is 1.11. The van der Waals surface area contributed by atoms with Crippen LogP contribution in [0.25, 0.3) is 0 Å². The van der Waals surface area contributed by atoms with Gasteiger partial charge in [0.25, 0.3) is 0 Å². The second-order valence-corrected chi connectivity index (χ2v) is 4.86. The Morgan fingerprint density at radius 1 is 1.29 bits per heavy atom. The number of aliphatic carboxylic acids is 1. The van der Waals surface area contributed by atoms with Gasteiger partial charge in [0.05, 0.1) is 13.2 Å². The van der Waals surface area contributed by atoms with Gasteiger partial charge in [0.1, 0.15) is 0 Å². The summed E-state index contributed by atoms with van der Waals surface area (Å²) in [4.78, 5) is 10.8. The zero-order valence-corrected chi connectivity index (χ0v) is 9.62. The highest BCUT2D eigenvalue weighted by Crippen LogP contribution is 2.54. The van der Waals surface area contributed by atoms with E-state index in [0.29, 0.717) is 0 Å². The lowest BCUT2D eigenvalue weighted by Gasteiger charge is -2.21. The molecule has 0 amide bonds. The fraction of sp³-hybridized carbons (Fsp3) is 0.875. The van der Waals surface area contributed by atoms with Crippen LogP contribution in [0.15, 0.2) is 0 Å². The minimum absolute atomic E-state index is 0.182. The molecule has 0 aromatic heterocycles. The molecular weight excluding hydrogens is 207 g/mol. The summed E-state index contributed by atoms with van der Waals surface area (Å²) in [5.41, 5.74) is -1.07. The molecule has 1 atom stereocenters. The number of carboxylic acids is 1. The molecule has 0 aromatic rings. The molecule has 14 heavy (non-hydrogen) atoms. The molecule has 0 spiro atoms. The van der Waals surface area contributed by atoms with Crippen molar-refractivity contribution in [3.63, 3.8) is 0 Å². The minimum Gasteiger partial charge on any atom is -0.481 e. The van der Waals surface area contributed by atoms with E-state index in [2.05, 4.69) is 0 Å². The minimum atomic E-state index is -3.49. The van der Waals surface area contributed by atoms with Crippen LogP contribution < -0.4 is 0 Å². The van der Waals surface area contributed by atoms with Crippen molar-refractivity contribution in [1.82, 2.24) is 0 Å². The first-order valence-corrected chi connectivity index (χ1v) is 6.24. The van der Waals surface area contributed by atoms with Crippen molar-refractivity contribution in [1.29, 1.82) is 0 Å². The molecule has 0 rings (SSSR count). The molecule has 0 unspecified atom stereocenters. The Morgan fingerprint density at radius 2 is 1.71 bits per heavy atom. The fourth-order valence-corrected chi connectivity index (χ4v) is 2.98. The first-order valence-electron chi connectivity index (χ1n) is 4.63. The summed E-state index contributed by atoms with van der Waals surface area (Å²) in [5.74, 6) is -1.14. The Kier molecular flexibility index (Phi) is 6.00. The molecule has 1 N–H and O–H groups in total. The number of hydrogen-bond donors (Lipinski definition) is 1. The van der Waals surface area contributed by atoms with Crippen molar-refractivity contribution in [2.45, 2.75) is 32.9 Å². The summed E-state index contributed by atoms with van der Waals surface area (Å²) >= 11 is 0. The second-order valence-electron chi connectivity index (χ2n) is 2.64. The van der Waals surface area contributed by atoms with Gasteiger partial charge in [0, 0.05) is 0 Å². The van der Waals surface area contributed by atoms with Crippen molar-refractivity contribution in [3.8, 4) is 0 Å². The summed E-state index contributed by atoms with van der Waals surface area (Å²) in [6.07, 6.45) is 0.229. The van der Waals surface area contributed by atoms with Crippen LogP contribution in [-0.2, 0) is 18.4 Å². The van der Waals surface area contributed by atoms with Gasteiger partial charge in [0.15, 0.2) is 5.66 Å². The SMILES string of the molecule is CCOP(=O)(OCC)[C@H](CC)C(=O)O. The van der Waals surface area contributed by atoms with Crippen LogP contribution in [0.5, 0.6) is 0 Å². The quantitative estimate of drug-likeness (QED) is 0.670. The van der Waals surface area contributed by atoms with E-state index in [9.17, 15) is 9.36 Å². The molecule has 0 aliphatic carbocycles. The Balaban J connectivity index is 4.76. The van der Waals surface area contributed by atoms with Gasteiger partial charge in [-0.3, -0.25) is 9.36 Å². The van der Waals surface area contributed by atoms with Crippen LogP contribution in [0.1, 0.15) is 27.2 Å². The maximum Gasteiger partial charge on any atom is 0.344 e. The Labute approximate surface area is 83.9 Å². The molecular formula is C8H17O5P. The maximum absolute atomic E-state index is 12.0. The number of carbonyl (C=O) groups is 1. The number of rotatable bonds is 7. The average molecular weight is 224 g/mol. The molecule has 0 aliphatic rings. The molecule has 0 fully saturated rings. The van der Waals surface area contributed by atoms with Gasteiger partial charge in [-0.1, -0.05) is 6.92 Å². The Morgan fingerprint density at radius 3 is 1.93 bits per heavy atom. The third-order valence-corrected chi connectivity index (χ3v) is 4.26. The molecule has 0 aliphatic heterocycles. The van der Waals surface area contributed by atoms with E-state index in [1.54, 1.807) is 20.8 Å². The van der Waals surface area contributed by atoms with Crippen molar-refractivity contribution in [2.75, 3.05) is 13.2 Å². The zero-order valence-electron chi connectivity index (χ0n) is 8.73. The summed E-state index contributed by atoms with van der Waals surface area (Å²) in [7, 11) is -3.49. The van der Waals surface area contributed by atoms with Crippen molar-refractivity contribution >= 4 is 13.6 Å². The first-order chi connectivity index (χ1) is 6.51. The number of hydrogen-bond acceptors (Lipinski definition) is 4. The van der Waals surface area contributed by atoms with Gasteiger partial charge in [-0.25, -0.2) is 0 Å². The highest BCUT2D eigenvalue weighted by molar-refractivity contribution is 7.55. The molecule has 6 heteroatoms. The van der Waals surface area contributed by atoms with Crippen LogP contribution in [0.2, 0.25) is 0 Å². The van der Waals surface area contributed by atoms with Gasteiger partial charge in [0.2, 0.25) is 0 Å². The van der Waals surface area contributed by atoms with Gasteiger partial charge in [-0.2, -0.15) is 0 Å². The standard InChI is InChI=1S/C8H17O5P/c1-4-7(8(9)10)14(11,12-5-2)13-6-3/h7H,4-6H2,1-3H3,(H,9,10)/t7-/m1/s1. The molecule has 0 heterocycles. The predicted molar refractivity (Wildman–Crippen MR) is 52.6 cm³/mol.